The van der Waals surface area contributed by atoms with E-state index in [0.29, 0.717) is 11.8 Å². The van der Waals surface area contributed by atoms with Crippen molar-refractivity contribution >= 4 is 66.7 Å². The summed E-state index contributed by atoms with van der Waals surface area (Å²) in [6.07, 6.45) is -3.43. The number of piperazine rings is 1. The zero-order valence-corrected chi connectivity index (χ0v) is 36.1. The van der Waals surface area contributed by atoms with Gasteiger partial charge in [0.2, 0.25) is 10.0 Å². The maximum Gasteiger partial charge on any atom is 0.490 e. The molecule has 3 heterocycles. The van der Waals surface area contributed by atoms with Crippen LogP contribution < -0.4 is 14.9 Å². The fraction of sp³-hybridized carbons (Fsp3) is 0.256. The number of rotatable bonds is 10. The van der Waals surface area contributed by atoms with Gasteiger partial charge in [-0.25, -0.2) is 26.4 Å². The van der Waals surface area contributed by atoms with E-state index >= 15 is 0 Å². The maximum absolute atomic E-state index is 13.6. The minimum atomic E-state index is -5.08. The molecule has 326 valence electrons. The van der Waals surface area contributed by atoms with Crippen LogP contribution >= 0.6 is 23.4 Å². The van der Waals surface area contributed by atoms with E-state index in [1.165, 1.54) is 38.8 Å². The number of thioether (sulfide) groups is 1. The number of carbonyl (C=O) groups excluding carboxylic acids is 1. The first kappa shape index (κ1) is 44.9. The molecule has 1 atom stereocenters. The molecule has 0 radical (unpaired) electrons. The molecule has 3 aliphatic heterocycles. The Balaban J connectivity index is 0.000000762. The number of benzene rings is 5. The fourth-order valence-corrected chi connectivity index (χ4v) is 11.8. The quantitative estimate of drug-likeness (QED) is 0.119. The minimum absolute atomic E-state index is 0.0158. The van der Waals surface area contributed by atoms with Crippen molar-refractivity contribution in [3.8, 4) is 11.1 Å². The Hall–Kier alpha value is -5.11. The molecule has 0 saturated carbocycles. The number of hydrogen-bond donors (Lipinski definition) is 3. The van der Waals surface area contributed by atoms with Gasteiger partial charge in [-0.1, -0.05) is 84.4 Å². The molecule has 19 heteroatoms. The van der Waals surface area contributed by atoms with Gasteiger partial charge in [-0.3, -0.25) is 9.69 Å². The van der Waals surface area contributed by atoms with Gasteiger partial charge in [0.15, 0.2) is 0 Å². The number of fused-ring (bicyclic) bond motifs is 4. The minimum Gasteiger partial charge on any atom is -0.475 e. The van der Waals surface area contributed by atoms with Gasteiger partial charge in [0, 0.05) is 60.7 Å². The van der Waals surface area contributed by atoms with E-state index in [0.717, 1.165) is 61.2 Å². The fourth-order valence-electron chi connectivity index (χ4n) is 7.66. The van der Waals surface area contributed by atoms with Gasteiger partial charge in [-0.05, 0) is 77.6 Å². The molecule has 5 aromatic carbocycles. The second-order valence-corrected chi connectivity index (χ2v) is 19.8. The van der Waals surface area contributed by atoms with Crippen molar-refractivity contribution in [2.24, 2.45) is 0 Å². The zero-order chi connectivity index (χ0) is 44.2. The van der Waals surface area contributed by atoms with Crippen molar-refractivity contribution in [2.75, 3.05) is 48.8 Å². The van der Waals surface area contributed by atoms with Crippen LogP contribution in [0.15, 0.2) is 130 Å². The van der Waals surface area contributed by atoms with Crippen molar-refractivity contribution in [2.45, 2.75) is 46.3 Å². The summed E-state index contributed by atoms with van der Waals surface area (Å²) in [7, 11) is -8.60. The van der Waals surface area contributed by atoms with Crippen molar-refractivity contribution in [3.05, 3.63) is 137 Å². The number of sulfonamides is 2. The van der Waals surface area contributed by atoms with Gasteiger partial charge in [0.25, 0.3) is 15.9 Å². The van der Waals surface area contributed by atoms with Gasteiger partial charge in [0.05, 0.1) is 17.4 Å². The Bertz CT molecular complexity index is 2680. The summed E-state index contributed by atoms with van der Waals surface area (Å²) in [4.78, 5) is 27.6. The van der Waals surface area contributed by atoms with Gasteiger partial charge in [0.1, 0.15) is 9.79 Å². The third kappa shape index (κ3) is 10.2. The Morgan fingerprint density at radius 2 is 1.60 bits per heavy atom. The first-order valence-electron chi connectivity index (χ1n) is 19.4. The number of aryl methyl sites for hydroxylation is 1. The molecule has 8 rings (SSSR count). The standard InChI is InChI=1S/C41H40ClN5O5S3.C2HF3O2/c42-36-24-37-40(55(51,52)46(28-43-37)21-22-53-34-12-5-2-6-13-34)25-39(36)54(49,50)44-41(48)31-16-18-38-30(23-31)15-17-33-27-45(19-20-47(33)38)26-32-11-7-8-14-35(32)29-9-3-1-4-10-29;3-2(4,5)1(6)7/h1-14,16,18,23-25,33,43H,15,17,19-22,26-28H2,(H,44,48);(H,6,7)/t33-;/m0./s1. The van der Waals surface area contributed by atoms with E-state index in [2.05, 4.69) is 68.4 Å². The summed E-state index contributed by atoms with van der Waals surface area (Å²) in [5.74, 6) is -3.08. The molecule has 1 saturated heterocycles. The topological polar surface area (TPSA) is 156 Å². The van der Waals surface area contributed by atoms with E-state index in [1.807, 2.05) is 42.5 Å². The second kappa shape index (κ2) is 18.7. The van der Waals surface area contributed by atoms with Crippen molar-refractivity contribution < 1.29 is 44.7 Å². The lowest BCUT2D eigenvalue weighted by atomic mass is 9.92. The Morgan fingerprint density at radius 3 is 2.31 bits per heavy atom. The molecule has 1 fully saturated rings. The number of alkyl halides is 3. The summed E-state index contributed by atoms with van der Waals surface area (Å²) in [5.41, 5.74) is 6.20. The van der Waals surface area contributed by atoms with Crippen molar-refractivity contribution in [1.82, 2.24) is 13.9 Å². The summed E-state index contributed by atoms with van der Waals surface area (Å²) in [6, 6.07) is 36.6. The van der Waals surface area contributed by atoms with Crippen LogP contribution in [0.4, 0.5) is 24.5 Å². The number of carboxylic acids is 1. The molecule has 0 aromatic heterocycles. The predicted molar refractivity (Wildman–Crippen MR) is 232 cm³/mol. The SMILES string of the molecule is O=C(NS(=O)(=O)c1cc2c(cc1Cl)NCN(CCSc1ccccc1)S2(=O)=O)c1ccc2c(c1)CC[C@H]1CN(Cc3ccccc3-c3ccccc3)CCN21.O=C(O)C(F)(F)F. The highest BCUT2D eigenvalue weighted by atomic mass is 35.5. The van der Waals surface area contributed by atoms with Crippen molar-refractivity contribution in [1.29, 1.82) is 0 Å². The van der Waals surface area contributed by atoms with E-state index < -0.39 is 43.0 Å². The number of amides is 1. The first-order valence-corrected chi connectivity index (χ1v) is 23.7. The highest BCUT2D eigenvalue weighted by Gasteiger charge is 2.38. The number of carbonyl (C=O) groups is 2. The predicted octanol–water partition coefficient (Wildman–Crippen LogP) is 7.56. The number of anilines is 2. The summed E-state index contributed by atoms with van der Waals surface area (Å²) in [5, 5.41) is 9.96. The number of halogens is 4. The lowest BCUT2D eigenvalue weighted by molar-refractivity contribution is -0.192. The highest BCUT2D eigenvalue weighted by molar-refractivity contribution is 7.99. The molecular formula is C43H41ClF3N5O7S3. The molecule has 12 nitrogen and oxygen atoms in total. The first-order chi connectivity index (χ1) is 29.5. The van der Waals surface area contributed by atoms with Gasteiger partial charge >= 0.3 is 12.1 Å². The molecule has 1 amide bonds. The summed E-state index contributed by atoms with van der Waals surface area (Å²) in [6.45, 7) is 3.72. The molecule has 0 unspecified atom stereocenters. The molecule has 0 spiro atoms. The Labute approximate surface area is 366 Å². The number of nitrogens with zero attached hydrogens (tertiary/aromatic N) is 3. The largest absolute Gasteiger partial charge is 0.490 e. The molecule has 3 N–H and O–H groups in total. The smallest absolute Gasteiger partial charge is 0.475 e. The van der Waals surface area contributed by atoms with Crippen LogP contribution in [0.25, 0.3) is 11.1 Å². The zero-order valence-electron chi connectivity index (χ0n) is 32.9. The number of aliphatic carboxylic acids is 1. The van der Waals surface area contributed by atoms with Crippen LogP contribution in [0.3, 0.4) is 0 Å². The highest BCUT2D eigenvalue weighted by Crippen LogP contribution is 2.37. The third-order valence-electron chi connectivity index (χ3n) is 10.7. The van der Waals surface area contributed by atoms with Gasteiger partial charge in [-0.15, -0.1) is 11.8 Å². The lowest BCUT2D eigenvalue weighted by Gasteiger charge is -2.46. The maximum atomic E-state index is 13.6. The van der Waals surface area contributed by atoms with E-state index in [-0.39, 0.29) is 34.4 Å². The van der Waals surface area contributed by atoms with Crippen LogP contribution in [-0.4, -0.2) is 93.8 Å². The molecule has 0 bridgehead atoms. The Kier molecular flexibility index (Phi) is 13.6. The normalized spacial score (nSPS) is 17.3. The van der Waals surface area contributed by atoms with Gasteiger partial charge < -0.3 is 15.3 Å². The van der Waals surface area contributed by atoms with Crippen LogP contribution in [0.5, 0.6) is 0 Å². The van der Waals surface area contributed by atoms with Crippen LogP contribution in [0.1, 0.15) is 27.9 Å². The van der Waals surface area contributed by atoms with Crippen LogP contribution in [0.2, 0.25) is 5.02 Å². The van der Waals surface area contributed by atoms with E-state index in [9.17, 15) is 34.8 Å². The van der Waals surface area contributed by atoms with Crippen LogP contribution in [-0.2, 0) is 37.8 Å². The number of hydrogen-bond acceptors (Lipinski definition) is 10. The molecule has 62 heavy (non-hydrogen) atoms. The average molecular weight is 928 g/mol. The average Bonchev–Trinajstić information content (AvgIpc) is 3.24. The summed E-state index contributed by atoms with van der Waals surface area (Å²) < 4.78 is 89.6. The number of nitrogens with one attached hydrogen (secondary N) is 2. The van der Waals surface area contributed by atoms with Crippen molar-refractivity contribution in [3.63, 3.8) is 0 Å². The third-order valence-corrected chi connectivity index (χ3v) is 15.3. The van der Waals surface area contributed by atoms with Crippen LogP contribution in [0, 0.1) is 0 Å². The lowest BCUT2D eigenvalue weighted by Crippen LogP contribution is -2.54. The number of carboxylic acid groups (broad SMARTS) is 1. The molecule has 3 aliphatic rings. The second-order valence-electron chi connectivity index (χ2n) is 14.7. The Morgan fingerprint density at radius 1 is 0.919 bits per heavy atom. The summed E-state index contributed by atoms with van der Waals surface area (Å²) >= 11 is 7.94. The van der Waals surface area contributed by atoms with Gasteiger partial charge in [-0.2, -0.15) is 17.5 Å². The molecular weight excluding hydrogens is 887 g/mol. The molecule has 0 aliphatic carbocycles. The monoisotopic (exact) mass is 927 g/mol. The van der Waals surface area contributed by atoms with E-state index in [1.54, 1.807) is 12.1 Å². The van der Waals surface area contributed by atoms with E-state index in [4.69, 9.17) is 21.5 Å². The molecule has 5 aromatic rings.